The summed E-state index contributed by atoms with van der Waals surface area (Å²) in [6.07, 6.45) is 0. The van der Waals surface area contributed by atoms with E-state index in [4.69, 9.17) is 16.3 Å². The number of anilines is 1. The Morgan fingerprint density at radius 3 is 2.66 bits per heavy atom. The molecule has 1 aromatic carbocycles. The van der Waals surface area contributed by atoms with Crippen LogP contribution in [-0.4, -0.2) is 47.4 Å². The molecular weight excluding hydrogens is 412 g/mol. The fourth-order valence-corrected chi connectivity index (χ4v) is 4.55. The van der Waals surface area contributed by atoms with Gasteiger partial charge in [0.1, 0.15) is 16.4 Å². The molecule has 152 valence electrons. The van der Waals surface area contributed by atoms with Crippen LogP contribution in [0.4, 0.5) is 5.69 Å². The van der Waals surface area contributed by atoms with Crippen LogP contribution >= 0.6 is 22.9 Å². The maximum absolute atomic E-state index is 13.0. The van der Waals surface area contributed by atoms with E-state index in [2.05, 4.69) is 15.3 Å². The maximum Gasteiger partial charge on any atom is 0.264 e. The van der Waals surface area contributed by atoms with Gasteiger partial charge in [0, 0.05) is 23.2 Å². The van der Waals surface area contributed by atoms with Crippen LogP contribution < -0.4 is 10.1 Å². The van der Waals surface area contributed by atoms with E-state index in [0.717, 1.165) is 21.5 Å². The highest BCUT2D eigenvalue weighted by Gasteiger charge is 2.23. The molecule has 2 heterocycles. The minimum Gasteiger partial charge on any atom is -0.495 e. The standard InChI is InChI=1S/C20H21ClN4O3S/c1-10-17-11(2)22-12(3)23-19(17)29-18(10)20(27)25(4)9-16(26)24-14-8-13(21)6-7-15(14)28-5/h6-8H,9H2,1-5H3,(H,24,26). The number of likely N-dealkylation sites (N-methyl/N-ethyl adjacent to an activating group) is 1. The fourth-order valence-electron chi connectivity index (χ4n) is 3.11. The van der Waals surface area contributed by atoms with Gasteiger partial charge in [-0.25, -0.2) is 9.97 Å². The largest absolute Gasteiger partial charge is 0.495 e. The van der Waals surface area contributed by atoms with Gasteiger partial charge in [0.05, 0.1) is 24.2 Å². The van der Waals surface area contributed by atoms with E-state index in [1.54, 1.807) is 25.2 Å². The highest BCUT2D eigenvalue weighted by atomic mass is 35.5. The third-order valence-electron chi connectivity index (χ3n) is 4.44. The molecule has 0 aliphatic heterocycles. The summed E-state index contributed by atoms with van der Waals surface area (Å²) >= 11 is 7.31. The smallest absolute Gasteiger partial charge is 0.264 e. The zero-order valence-corrected chi connectivity index (χ0v) is 18.4. The quantitative estimate of drug-likeness (QED) is 0.659. The summed E-state index contributed by atoms with van der Waals surface area (Å²) in [5.74, 6) is 0.558. The number of carbonyl (C=O) groups is 2. The van der Waals surface area contributed by atoms with Gasteiger partial charge in [-0.15, -0.1) is 11.3 Å². The number of benzene rings is 1. The number of methoxy groups -OCH3 is 1. The molecule has 3 rings (SSSR count). The monoisotopic (exact) mass is 432 g/mol. The second-order valence-electron chi connectivity index (χ2n) is 6.65. The minimum atomic E-state index is -0.355. The van der Waals surface area contributed by atoms with Gasteiger partial charge in [-0.2, -0.15) is 0 Å². The maximum atomic E-state index is 13.0. The Bertz CT molecular complexity index is 1110. The van der Waals surface area contributed by atoms with Gasteiger partial charge in [-0.3, -0.25) is 9.59 Å². The number of hydrogen-bond acceptors (Lipinski definition) is 6. The third-order valence-corrected chi connectivity index (χ3v) is 5.85. The van der Waals surface area contributed by atoms with Crippen molar-refractivity contribution in [2.75, 3.05) is 26.0 Å². The van der Waals surface area contributed by atoms with Crippen molar-refractivity contribution in [3.63, 3.8) is 0 Å². The van der Waals surface area contributed by atoms with Crippen LogP contribution in [0, 0.1) is 20.8 Å². The van der Waals surface area contributed by atoms with E-state index in [-0.39, 0.29) is 18.4 Å². The summed E-state index contributed by atoms with van der Waals surface area (Å²) in [6, 6.07) is 4.93. The summed E-state index contributed by atoms with van der Waals surface area (Å²) in [5, 5.41) is 4.10. The first-order valence-corrected chi connectivity index (χ1v) is 10.0. The molecule has 0 atom stereocenters. The number of aryl methyl sites for hydroxylation is 3. The average molecular weight is 433 g/mol. The van der Waals surface area contributed by atoms with Gasteiger partial charge in [-0.1, -0.05) is 11.6 Å². The van der Waals surface area contributed by atoms with Crippen LogP contribution in [0.3, 0.4) is 0 Å². The van der Waals surface area contributed by atoms with Gasteiger partial charge >= 0.3 is 0 Å². The first-order chi connectivity index (χ1) is 13.7. The second kappa shape index (κ2) is 8.34. The molecule has 0 aliphatic rings. The van der Waals surface area contributed by atoms with E-state index < -0.39 is 0 Å². The lowest BCUT2D eigenvalue weighted by Gasteiger charge is -2.17. The van der Waals surface area contributed by atoms with Crippen LogP contribution in [0.2, 0.25) is 5.02 Å². The normalized spacial score (nSPS) is 10.8. The summed E-state index contributed by atoms with van der Waals surface area (Å²) in [7, 11) is 3.09. The van der Waals surface area contributed by atoms with Crippen molar-refractivity contribution in [1.82, 2.24) is 14.9 Å². The van der Waals surface area contributed by atoms with E-state index >= 15 is 0 Å². The van der Waals surface area contributed by atoms with Crippen LogP contribution in [0.1, 0.15) is 26.8 Å². The number of nitrogens with one attached hydrogen (secondary N) is 1. The number of fused-ring (bicyclic) bond motifs is 1. The predicted molar refractivity (Wildman–Crippen MR) is 115 cm³/mol. The number of ether oxygens (including phenoxy) is 1. The molecule has 7 nitrogen and oxygen atoms in total. The lowest BCUT2D eigenvalue weighted by atomic mass is 10.1. The molecule has 0 spiro atoms. The molecule has 2 aromatic heterocycles. The van der Waals surface area contributed by atoms with Gasteiger partial charge in [0.15, 0.2) is 0 Å². The summed E-state index contributed by atoms with van der Waals surface area (Å²) in [6.45, 7) is 5.48. The summed E-state index contributed by atoms with van der Waals surface area (Å²) in [5.41, 5.74) is 2.12. The van der Waals surface area contributed by atoms with Crippen LogP contribution in [0.15, 0.2) is 18.2 Å². The Morgan fingerprint density at radius 2 is 1.97 bits per heavy atom. The molecular formula is C20H21ClN4O3S. The molecule has 1 N–H and O–H groups in total. The molecule has 0 fully saturated rings. The Morgan fingerprint density at radius 1 is 1.24 bits per heavy atom. The van der Waals surface area contributed by atoms with Gasteiger partial charge < -0.3 is 15.0 Å². The van der Waals surface area contributed by atoms with Crippen molar-refractivity contribution < 1.29 is 14.3 Å². The summed E-state index contributed by atoms with van der Waals surface area (Å²) < 4.78 is 5.23. The third kappa shape index (κ3) is 4.33. The second-order valence-corrected chi connectivity index (χ2v) is 8.08. The lowest BCUT2D eigenvalue weighted by Crippen LogP contribution is -2.34. The summed E-state index contributed by atoms with van der Waals surface area (Å²) in [4.78, 5) is 37.0. The number of nitrogens with zero attached hydrogens (tertiary/aromatic N) is 3. The highest BCUT2D eigenvalue weighted by Crippen LogP contribution is 2.32. The van der Waals surface area contributed by atoms with E-state index in [1.165, 1.54) is 23.3 Å². The molecule has 0 saturated carbocycles. The Kier molecular flexibility index (Phi) is 6.04. The van der Waals surface area contributed by atoms with E-state index in [1.807, 2.05) is 20.8 Å². The molecule has 0 saturated heterocycles. The topological polar surface area (TPSA) is 84.4 Å². The molecule has 0 unspecified atom stereocenters. The Hall–Kier alpha value is -2.71. The van der Waals surface area contributed by atoms with Crippen molar-refractivity contribution in [2.24, 2.45) is 0 Å². The van der Waals surface area contributed by atoms with Crippen molar-refractivity contribution >= 4 is 50.7 Å². The molecule has 3 aromatic rings. The van der Waals surface area contributed by atoms with Crippen molar-refractivity contribution in [2.45, 2.75) is 20.8 Å². The van der Waals surface area contributed by atoms with Crippen molar-refractivity contribution in [3.8, 4) is 5.75 Å². The molecule has 0 aliphatic carbocycles. The molecule has 2 amide bonds. The molecule has 29 heavy (non-hydrogen) atoms. The zero-order valence-electron chi connectivity index (χ0n) is 16.8. The number of halogens is 1. The number of carbonyl (C=O) groups excluding carboxylic acids is 2. The SMILES string of the molecule is COc1ccc(Cl)cc1NC(=O)CN(C)C(=O)c1sc2nc(C)nc(C)c2c1C. The number of hydrogen-bond donors (Lipinski definition) is 1. The molecule has 9 heteroatoms. The number of rotatable bonds is 5. The zero-order chi connectivity index (χ0) is 21.3. The number of aromatic nitrogens is 2. The Balaban J connectivity index is 1.78. The highest BCUT2D eigenvalue weighted by molar-refractivity contribution is 7.20. The Labute approximate surface area is 177 Å². The molecule has 0 radical (unpaired) electrons. The van der Waals surface area contributed by atoms with Gasteiger partial charge in [-0.05, 0) is 44.5 Å². The number of thiophene rings is 1. The van der Waals surface area contributed by atoms with Crippen LogP contribution in [0.25, 0.3) is 10.2 Å². The first kappa shape index (κ1) is 21.0. The van der Waals surface area contributed by atoms with Crippen molar-refractivity contribution in [3.05, 3.63) is 45.2 Å². The van der Waals surface area contributed by atoms with E-state index in [0.29, 0.717) is 27.2 Å². The van der Waals surface area contributed by atoms with Crippen LogP contribution in [0.5, 0.6) is 5.75 Å². The van der Waals surface area contributed by atoms with Crippen molar-refractivity contribution in [1.29, 1.82) is 0 Å². The van der Waals surface area contributed by atoms with Crippen LogP contribution in [-0.2, 0) is 4.79 Å². The predicted octanol–water partition coefficient (Wildman–Crippen LogP) is 3.99. The van der Waals surface area contributed by atoms with Gasteiger partial charge in [0.2, 0.25) is 5.91 Å². The first-order valence-electron chi connectivity index (χ1n) is 8.84. The fraction of sp³-hybridized carbons (Fsp3) is 0.300. The van der Waals surface area contributed by atoms with Gasteiger partial charge in [0.25, 0.3) is 5.91 Å². The minimum absolute atomic E-state index is 0.119. The average Bonchev–Trinajstić information content (AvgIpc) is 2.97. The lowest BCUT2D eigenvalue weighted by molar-refractivity contribution is -0.116. The number of amides is 2. The molecule has 0 bridgehead atoms. The van der Waals surface area contributed by atoms with E-state index in [9.17, 15) is 9.59 Å².